The Labute approximate surface area is 98.6 Å². The third-order valence-electron chi connectivity index (χ3n) is 2.65. The molecule has 0 spiro atoms. The number of hydrogen-bond acceptors (Lipinski definition) is 2. The number of halogens is 3. The predicted octanol–water partition coefficient (Wildman–Crippen LogP) is 3.13. The number of nitrogens with two attached hydrogens (primary N) is 1. The van der Waals surface area contributed by atoms with E-state index in [4.69, 9.17) is 10.5 Å². The SMILES string of the molecule is COC(C)CC(N)c1ccccc1C(F)(F)F. The Morgan fingerprint density at radius 1 is 1.29 bits per heavy atom. The predicted molar refractivity (Wildman–Crippen MR) is 59.5 cm³/mol. The highest BCUT2D eigenvalue weighted by Gasteiger charge is 2.34. The molecule has 1 aromatic carbocycles. The van der Waals surface area contributed by atoms with Crippen LogP contribution < -0.4 is 5.73 Å². The summed E-state index contributed by atoms with van der Waals surface area (Å²) in [7, 11) is 1.51. The van der Waals surface area contributed by atoms with E-state index in [1.54, 1.807) is 13.0 Å². The second-order valence-electron chi connectivity index (χ2n) is 3.97. The van der Waals surface area contributed by atoms with Crippen molar-refractivity contribution in [3.63, 3.8) is 0 Å². The standard InChI is InChI=1S/C12H16F3NO/c1-8(17-2)7-11(16)9-5-3-4-6-10(9)12(13,14)15/h3-6,8,11H,7,16H2,1-2H3. The molecule has 96 valence electrons. The lowest BCUT2D eigenvalue weighted by Crippen LogP contribution is -2.21. The van der Waals surface area contributed by atoms with Crippen LogP contribution in [0.25, 0.3) is 0 Å². The van der Waals surface area contributed by atoms with Crippen molar-refractivity contribution in [3.8, 4) is 0 Å². The maximum absolute atomic E-state index is 12.7. The minimum atomic E-state index is -4.37. The summed E-state index contributed by atoms with van der Waals surface area (Å²) in [5.41, 5.74) is 5.23. The summed E-state index contributed by atoms with van der Waals surface area (Å²) in [5.74, 6) is 0. The minimum Gasteiger partial charge on any atom is -0.382 e. The van der Waals surface area contributed by atoms with Crippen molar-refractivity contribution in [1.29, 1.82) is 0 Å². The molecule has 0 aliphatic heterocycles. The molecule has 17 heavy (non-hydrogen) atoms. The van der Waals surface area contributed by atoms with Gasteiger partial charge in [0.15, 0.2) is 0 Å². The summed E-state index contributed by atoms with van der Waals surface area (Å²) < 4.78 is 43.2. The molecule has 5 heteroatoms. The van der Waals surface area contributed by atoms with Gasteiger partial charge in [-0.1, -0.05) is 18.2 Å². The van der Waals surface area contributed by atoms with E-state index in [9.17, 15) is 13.2 Å². The van der Waals surface area contributed by atoms with Crippen LogP contribution >= 0.6 is 0 Å². The van der Waals surface area contributed by atoms with Gasteiger partial charge in [-0.15, -0.1) is 0 Å². The van der Waals surface area contributed by atoms with Crippen LogP contribution in [0.15, 0.2) is 24.3 Å². The number of methoxy groups -OCH3 is 1. The van der Waals surface area contributed by atoms with Gasteiger partial charge in [-0.3, -0.25) is 0 Å². The minimum absolute atomic E-state index is 0.115. The van der Waals surface area contributed by atoms with Crippen molar-refractivity contribution in [3.05, 3.63) is 35.4 Å². The van der Waals surface area contributed by atoms with E-state index >= 15 is 0 Å². The quantitative estimate of drug-likeness (QED) is 0.887. The highest BCUT2D eigenvalue weighted by atomic mass is 19.4. The molecule has 0 amide bonds. The van der Waals surface area contributed by atoms with Gasteiger partial charge in [0.25, 0.3) is 0 Å². The van der Waals surface area contributed by atoms with Gasteiger partial charge >= 0.3 is 6.18 Å². The third kappa shape index (κ3) is 3.71. The molecule has 0 radical (unpaired) electrons. The average Bonchev–Trinajstić information content (AvgIpc) is 2.27. The topological polar surface area (TPSA) is 35.2 Å². The molecule has 0 aliphatic rings. The monoisotopic (exact) mass is 247 g/mol. The molecule has 2 unspecified atom stereocenters. The molecule has 1 rings (SSSR count). The largest absolute Gasteiger partial charge is 0.416 e. The lowest BCUT2D eigenvalue weighted by atomic mass is 9.96. The van der Waals surface area contributed by atoms with Crippen molar-refractivity contribution in [2.24, 2.45) is 5.73 Å². The maximum atomic E-state index is 12.7. The lowest BCUT2D eigenvalue weighted by molar-refractivity contribution is -0.138. The van der Waals surface area contributed by atoms with E-state index in [-0.39, 0.29) is 11.7 Å². The summed E-state index contributed by atoms with van der Waals surface area (Å²) in [4.78, 5) is 0. The van der Waals surface area contributed by atoms with Crippen LogP contribution in [0.3, 0.4) is 0 Å². The Bertz CT molecular complexity index is 365. The summed E-state index contributed by atoms with van der Waals surface area (Å²) in [6.45, 7) is 1.77. The third-order valence-corrected chi connectivity index (χ3v) is 2.65. The van der Waals surface area contributed by atoms with E-state index in [0.29, 0.717) is 6.42 Å². The summed E-state index contributed by atoms with van der Waals surface area (Å²) >= 11 is 0. The van der Waals surface area contributed by atoms with E-state index in [2.05, 4.69) is 0 Å². The normalized spacial score (nSPS) is 15.6. The molecule has 0 fully saturated rings. The maximum Gasteiger partial charge on any atom is 0.416 e. The molecule has 2 atom stereocenters. The molecule has 0 heterocycles. The van der Waals surface area contributed by atoms with Gasteiger partial charge in [0.1, 0.15) is 0 Å². The van der Waals surface area contributed by atoms with Gasteiger partial charge in [0.2, 0.25) is 0 Å². The number of ether oxygens (including phenoxy) is 1. The number of benzene rings is 1. The van der Waals surface area contributed by atoms with Crippen molar-refractivity contribution >= 4 is 0 Å². The van der Waals surface area contributed by atoms with Crippen molar-refractivity contribution < 1.29 is 17.9 Å². The zero-order chi connectivity index (χ0) is 13.1. The van der Waals surface area contributed by atoms with Crippen molar-refractivity contribution in [1.82, 2.24) is 0 Å². The fourth-order valence-electron chi connectivity index (χ4n) is 1.66. The highest BCUT2D eigenvalue weighted by Crippen LogP contribution is 2.34. The molecule has 0 saturated carbocycles. The van der Waals surface area contributed by atoms with Gasteiger partial charge in [0, 0.05) is 13.2 Å². The average molecular weight is 247 g/mol. The Morgan fingerprint density at radius 2 is 1.88 bits per heavy atom. The van der Waals surface area contributed by atoms with Crippen LogP contribution in [0.2, 0.25) is 0 Å². The van der Waals surface area contributed by atoms with Crippen LogP contribution in [0.1, 0.15) is 30.5 Å². The number of alkyl halides is 3. The Kier molecular flexibility index (Phi) is 4.54. The van der Waals surface area contributed by atoms with Gasteiger partial charge in [-0.05, 0) is 25.0 Å². The van der Waals surface area contributed by atoms with Gasteiger partial charge in [0.05, 0.1) is 11.7 Å². The first-order valence-electron chi connectivity index (χ1n) is 5.30. The van der Waals surface area contributed by atoms with Crippen molar-refractivity contribution in [2.45, 2.75) is 31.7 Å². The molecule has 2 nitrogen and oxygen atoms in total. The van der Waals surface area contributed by atoms with Crippen LogP contribution in [-0.4, -0.2) is 13.2 Å². The Morgan fingerprint density at radius 3 is 2.41 bits per heavy atom. The van der Waals surface area contributed by atoms with Gasteiger partial charge in [-0.25, -0.2) is 0 Å². The van der Waals surface area contributed by atoms with Crippen molar-refractivity contribution in [2.75, 3.05) is 7.11 Å². The zero-order valence-corrected chi connectivity index (χ0v) is 9.79. The Hall–Kier alpha value is -1.07. The second-order valence-corrected chi connectivity index (χ2v) is 3.97. The fraction of sp³-hybridized carbons (Fsp3) is 0.500. The zero-order valence-electron chi connectivity index (χ0n) is 9.79. The van der Waals surface area contributed by atoms with E-state index in [0.717, 1.165) is 6.07 Å². The second kappa shape index (κ2) is 5.51. The van der Waals surface area contributed by atoms with Crippen LogP contribution in [0.4, 0.5) is 13.2 Å². The molecular formula is C12H16F3NO. The Balaban J connectivity index is 2.97. The molecule has 0 aliphatic carbocycles. The number of rotatable bonds is 4. The summed E-state index contributed by atoms with van der Waals surface area (Å²) in [5, 5.41) is 0. The first-order chi connectivity index (χ1) is 7.86. The smallest absolute Gasteiger partial charge is 0.382 e. The molecule has 2 N–H and O–H groups in total. The van der Waals surface area contributed by atoms with Crippen LogP contribution in [-0.2, 0) is 10.9 Å². The first kappa shape index (κ1) is 14.0. The molecule has 0 bridgehead atoms. The lowest BCUT2D eigenvalue weighted by Gasteiger charge is -2.20. The highest BCUT2D eigenvalue weighted by molar-refractivity contribution is 5.32. The number of hydrogen-bond donors (Lipinski definition) is 1. The van der Waals surface area contributed by atoms with E-state index in [1.807, 2.05) is 0 Å². The van der Waals surface area contributed by atoms with E-state index < -0.39 is 17.8 Å². The van der Waals surface area contributed by atoms with E-state index in [1.165, 1.54) is 19.2 Å². The molecular weight excluding hydrogens is 231 g/mol. The molecule has 1 aromatic rings. The fourth-order valence-corrected chi connectivity index (χ4v) is 1.66. The van der Waals surface area contributed by atoms with Gasteiger partial charge in [-0.2, -0.15) is 13.2 Å². The van der Waals surface area contributed by atoms with Gasteiger partial charge < -0.3 is 10.5 Å². The van der Waals surface area contributed by atoms with Crippen LogP contribution in [0.5, 0.6) is 0 Å². The first-order valence-corrected chi connectivity index (χ1v) is 5.30. The summed E-state index contributed by atoms with van der Waals surface area (Å²) in [6.07, 6.45) is -4.19. The van der Waals surface area contributed by atoms with Crippen LogP contribution in [0, 0.1) is 0 Å². The molecule has 0 aromatic heterocycles. The summed E-state index contributed by atoms with van der Waals surface area (Å²) in [6, 6.07) is 4.70. The molecule has 0 saturated heterocycles.